The lowest BCUT2D eigenvalue weighted by Crippen LogP contribution is -2.59. The number of fused-ring (bicyclic) bond motifs is 1. The van der Waals surface area contributed by atoms with Crippen molar-refractivity contribution in [3.05, 3.63) is 24.3 Å². The number of likely N-dealkylation sites (N-methyl/N-ethyl adjacent to an activating group) is 1. The van der Waals surface area contributed by atoms with Crippen molar-refractivity contribution in [3.8, 4) is 5.75 Å². The molecule has 1 aromatic rings. The van der Waals surface area contributed by atoms with E-state index in [-0.39, 0.29) is 11.6 Å². The molecule has 2 aliphatic heterocycles. The minimum Gasteiger partial charge on any atom is -0.485 e. The molecule has 1 fully saturated rings. The van der Waals surface area contributed by atoms with E-state index < -0.39 is 0 Å². The minimum absolute atomic E-state index is 0.240. The smallest absolute Gasteiger partial charge is 0.142 e. The van der Waals surface area contributed by atoms with Crippen molar-refractivity contribution in [1.29, 1.82) is 0 Å². The van der Waals surface area contributed by atoms with Gasteiger partial charge in [-0.1, -0.05) is 12.1 Å². The number of hydrogen-bond donors (Lipinski definition) is 1. The summed E-state index contributed by atoms with van der Waals surface area (Å²) in [6, 6.07) is 8.19. The molecule has 4 heteroatoms. The van der Waals surface area contributed by atoms with Crippen molar-refractivity contribution < 1.29 is 4.74 Å². The van der Waals surface area contributed by atoms with Gasteiger partial charge in [0.2, 0.25) is 0 Å². The van der Waals surface area contributed by atoms with Crippen LogP contribution in [0.4, 0.5) is 5.69 Å². The van der Waals surface area contributed by atoms with Gasteiger partial charge < -0.3 is 10.1 Å². The van der Waals surface area contributed by atoms with Gasteiger partial charge in [-0.2, -0.15) is 0 Å². The highest BCUT2D eigenvalue weighted by Gasteiger charge is 2.32. The molecule has 1 aromatic carbocycles. The van der Waals surface area contributed by atoms with Crippen molar-refractivity contribution in [2.75, 3.05) is 45.1 Å². The van der Waals surface area contributed by atoms with Crippen molar-refractivity contribution >= 4 is 5.69 Å². The lowest BCUT2D eigenvalue weighted by Gasteiger charge is -2.46. The molecule has 3 rings (SSSR count). The van der Waals surface area contributed by atoms with Gasteiger partial charge in [-0.05, 0) is 33.0 Å². The van der Waals surface area contributed by atoms with Gasteiger partial charge in [-0.3, -0.25) is 9.80 Å². The fourth-order valence-corrected chi connectivity index (χ4v) is 3.05. The lowest BCUT2D eigenvalue weighted by molar-refractivity contribution is 0.0206. The number of anilines is 1. The number of hydrogen-bond acceptors (Lipinski definition) is 4. The molecule has 2 heterocycles. The molecule has 1 N–H and O–H groups in total. The Morgan fingerprint density at radius 3 is 2.90 bits per heavy atom. The van der Waals surface area contributed by atoms with Crippen LogP contribution in [0.5, 0.6) is 5.75 Å². The molecule has 20 heavy (non-hydrogen) atoms. The first-order valence-corrected chi connectivity index (χ1v) is 7.48. The third-order valence-electron chi connectivity index (χ3n) is 4.56. The van der Waals surface area contributed by atoms with Crippen LogP contribution in [-0.4, -0.2) is 61.2 Å². The van der Waals surface area contributed by atoms with E-state index in [2.05, 4.69) is 42.1 Å². The van der Waals surface area contributed by atoms with Crippen LogP contribution < -0.4 is 10.1 Å². The predicted octanol–water partition coefficient (Wildman–Crippen LogP) is 1.89. The molecule has 0 bridgehead atoms. The molecule has 0 aromatic heterocycles. The molecule has 1 atom stereocenters. The summed E-state index contributed by atoms with van der Waals surface area (Å²) in [6.45, 7) is 9.88. The Morgan fingerprint density at radius 2 is 2.10 bits per heavy atom. The molecule has 4 nitrogen and oxygen atoms in total. The van der Waals surface area contributed by atoms with Gasteiger partial charge in [0.15, 0.2) is 0 Å². The van der Waals surface area contributed by atoms with Gasteiger partial charge in [-0.15, -0.1) is 0 Å². The predicted molar refractivity (Wildman–Crippen MR) is 82.5 cm³/mol. The largest absolute Gasteiger partial charge is 0.485 e. The Balaban J connectivity index is 1.60. The second-order valence-corrected chi connectivity index (χ2v) is 6.59. The van der Waals surface area contributed by atoms with E-state index in [1.54, 1.807) is 0 Å². The fraction of sp³-hybridized carbons (Fsp3) is 0.625. The van der Waals surface area contributed by atoms with Gasteiger partial charge >= 0.3 is 0 Å². The molecule has 1 saturated heterocycles. The van der Waals surface area contributed by atoms with Crippen molar-refractivity contribution in [2.24, 2.45) is 0 Å². The third kappa shape index (κ3) is 2.76. The zero-order valence-electron chi connectivity index (χ0n) is 12.7. The monoisotopic (exact) mass is 275 g/mol. The Bertz CT molecular complexity index is 475. The highest BCUT2D eigenvalue weighted by molar-refractivity contribution is 5.57. The van der Waals surface area contributed by atoms with E-state index in [0.29, 0.717) is 0 Å². The highest BCUT2D eigenvalue weighted by Crippen LogP contribution is 2.29. The topological polar surface area (TPSA) is 27.7 Å². The van der Waals surface area contributed by atoms with Crippen LogP contribution >= 0.6 is 0 Å². The molecule has 110 valence electrons. The van der Waals surface area contributed by atoms with Crippen LogP contribution in [-0.2, 0) is 0 Å². The van der Waals surface area contributed by atoms with Crippen molar-refractivity contribution in [3.63, 3.8) is 0 Å². The lowest BCUT2D eigenvalue weighted by atomic mass is 9.99. The number of ether oxygens (including phenoxy) is 1. The molecule has 0 saturated carbocycles. The fourth-order valence-electron chi connectivity index (χ4n) is 3.05. The van der Waals surface area contributed by atoms with E-state index in [9.17, 15) is 0 Å². The maximum Gasteiger partial charge on any atom is 0.142 e. The molecule has 0 radical (unpaired) electrons. The van der Waals surface area contributed by atoms with Crippen LogP contribution in [0, 0.1) is 0 Å². The first kappa shape index (κ1) is 13.7. The molecule has 1 unspecified atom stereocenters. The van der Waals surface area contributed by atoms with Crippen LogP contribution in [0.2, 0.25) is 0 Å². The molecule has 0 spiro atoms. The molecule has 2 aliphatic rings. The van der Waals surface area contributed by atoms with E-state index in [0.717, 1.165) is 44.2 Å². The van der Waals surface area contributed by atoms with E-state index in [4.69, 9.17) is 4.74 Å². The Kier molecular flexibility index (Phi) is 3.61. The van der Waals surface area contributed by atoms with E-state index in [1.165, 1.54) is 0 Å². The molecule has 0 aliphatic carbocycles. The van der Waals surface area contributed by atoms with Crippen LogP contribution in [0.1, 0.15) is 13.8 Å². The first-order valence-electron chi connectivity index (χ1n) is 7.48. The zero-order chi connectivity index (χ0) is 14.2. The molecular formula is C16H25N3O. The van der Waals surface area contributed by atoms with Gasteiger partial charge in [0.1, 0.15) is 11.9 Å². The van der Waals surface area contributed by atoms with Crippen LogP contribution in [0.25, 0.3) is 0 Å². The summed E-state index contributed by atoms with van der Waals surface area (Å²) in [5.74, 6) is 0.983. The van der Waals surface area contributed by atoms with E-state index >= 15 is 0 Å². The highest BCUT2D eigenvalue weighted by atomic mass is 16.5. The summed E-state index contributed by atoms with van der Waals surface area (Å²) < 4.78 is 6.11. The Morgan fingerprint density at radius 1 is 1.30 bits per heavy atom. The summed E-state index contributed by atoms with van der Waals surface area (Å²) in [6.07, 6.45) is 0.240. The summed E-state index contributed by atoms with van der Waals surface area (Å²) in [5.41, 5.74) is 1.36. The van der Waals surface area contributed by atoms with Crippen molar-refractivity contribution in [2.45, 2.75) is 25.5 Å². The third-order valence-corrected chi connectivity index (χ3v) is 4.56. The number of para-hydroxylation sites is 2. The number of nitrogens with one attached hydrogen (secondary N) is 1. The van der Waals surface area contributed by atoms with Gasteiger partial charge in [0.05, 0.1) is 12.2 Å². The van der Waals surface area contributed by atoms with E-state index in [1.807, 2.05) is 18.2 Å². The number of piperazine rings is 1. The average molecular weight is 275 g/mol. The second-order valence-electron chi connectivity index (χ2n) is 6.59. The Hall–Kier alpha value is -1.26. The quantitative estimate of drug-likeness (QED) is 0.892. The van der Waals surface area contributed by atoms with Crippen molar-refractivity contribution in [1.82, 2.24) is 9.80 Å². The second kappa shape index (κ2) is 5.26. The van der Waals surface area contributed by atoms with Crippen LogP contribution in [0.3, 0.4) is 0 Å². The zero-order valence-corrected chi connectivity index (χ0v) is 12.7. The normalized spacial score (nSPS) is 26.4. The number of benzene rings is 1. The molecular weight excluding hydrogens is 250 g/mol. The minimum atomic E-state index is 0.240. The SMILES string of the molecule is CN1CCN(CC2CNc3ccccc3O2)CC1(C)C. The number of rotatable bonds is 2. The van der Waals surface area contributed by atoms with Gasteiger partial charge in [0, 0.05) is 31.7 Å². The van der Waals surface area contributed by atoms with Gasteiger partial charge in [-0.25, -0.2) is 0 Å². The summed E-state index contributed by atoms with van der Waals surface area (Å²) >= 11 is 0. The Labute approximate surface area is 121 Å². The summed E-state index contributed by atoms with van der Waals surface area (Å²) in [7, 11) is 2.21. The standard InChI is InChI=1S/C16H25N3O/c1-16(2)12-19(9-8-18(16)3)11-13-10-17-14-6-4-5-7-15(14)20-13/h4-7,13,17H,8-12H2,1-3H3. The summed E-state index contributed by atoms with van der Waals surface area (Å²) in [4.78, 5) is 4.97. The molecule has 0 amide bonds. The average Bonchev–Trinajstić information content (AvgIpc) is 2.42. The maximum absolute atomic E-state index is 6.11. The van der Waals surface area contributed by atoms with Gasteiger partial charge in [0.25, 0.3) is 0 Å². The summed E-state index contributed by atoms with van der Waals surface area (Å²) in [5, 5.41) is 3.47. The maximum atomic E-state index is 6.11. The number of nitrogens with zero attached hydrogens (tertiary/aromatic N) is 2. The first-order chi connectivity index (χ1) is 9.54. The van der Waals surface area contributed by atoms with Crippen LogP contribution in [0.15, 0.2) is 24.3 Å².